The van der Waals surface area contributed by atoms with Crippen LogP contribution in [-0.4, -0.2) is 9.13 Å². The lowest BCUT2D eigenvalue weighted by Gasteiger charge is -2.09. The van der Waals surface area contributed by atoms with Crippen LogP contribution >= 0.6 is 0 Å². The van der Waals surface area contributed by atoms with Gasteiger partial charge in [-0.05, 0) is 72.3 Å². The third-order valence-corrected chi connectivity index (χ3v) is 10.9. The van der Waals surface area contributed by atoms with Gasteiger partial charge < -0.3 is 18.0 Å². The van der Waals surface area contributed by atoms with Gasteiger partial charge in [-0.25, -0.2) is 0 Å². The number of rotatable bonds is 3. The fourth-order valence-corrected chi connectivity index (χ4v) is 8.70. The van der Waals surface area contributed by atoms with Crippen molar-refractivity contribution in [1.29, 1.82) is 0 Å². The van der Waals surface area contributed by atoms with Crippen LogP contribution in [0.2, 0.25) is 0 Å². The van der Waals surface area contributed by atoms with E-state index in [9.17, 15) is 0 Å². The molecule has 0 radical (unpaired) electrons. The molecule has 242 valence electrons. The molecule has 0 fully saturated rings. The maximum Gasteiger partial charge on any atom is 0.143 e. The summed E-state index contributed by atoms with van der Waals surface area (Å²) in [5, 5.41) is 9.32. The Morgan fingerprint density at radius 3 is 1.65 bits per heavy atom. The quantitative estimate of drug-likeness (QED) is 0.188. The summed E-state index contributed by atoms with van der Waals surface area (Å²) in [5.74, 6) is 0. The van der Waals surface area contributed by atoms with Gasteiger partial charge in [-0.2, -0.15) is 0 Å². The predicted octanol–water partition coefficient (Wildman–Crippen LogP) is 13.3. The van der Waals surface area contributed by atoms with Gasteiger partial charge in [-0.15, -0.1) is 0 Å². The van der Waals surface area contributed by atoms with E-state index in [2.05, 4.69) is 161 Å². The summed E-state index contributed by atoms with van der Waals surface area (Å²) in [5.41, 5.74) is 12.7. The second-order valence-corrected chi connectivity index (χ2v) is 13.7. The monoisotopic (exact) mass is 664 g/mol. The SMILES string of the molecule is c1ccc(-n2c3ccccc3c3cc4c(cc32)c2ccccc2n4-c2ccc3oc4c(-c5cccc6oc7ccccc7c56)cccc4c3c2)cc1. The zero-order valence-electron chi connectivity index (χ0n) is 27.9. The summed E-state index contributed by atoms with van der Waals surface area (Å²) in [4.78, 5) is 0. The van der Waals surface area contributed by atoms with E-state index in [0.717, 1.165) is 66.4 Å². The molecule has 0 aliphatic heterocycles. The molecule has 0 saturated heterocycles. The Kier molecular flexibility index (Phi) is 5.47. The van der Waals surface area contributed by atoms with Crippen molar-refractivity contribution in [2.75, 3.05) is 0 Å². The van der Waals surface area contributed by atoms with Crippen molar-refractivity contribution in [3.63, 3.8) is 0 Å². The number of nitrogens with zero attached hydrogens (tertiary/aromatic N) is 2. The first-order chi connectivity index (χ1) is 25.8. The Labute approximate surface area is 296 Å². The number of hydrogen-bond acceptors (Lipinski definition) is 2. The minimum Gasteiger partial charge on any atom is -0.456 e. The Bertz CT molecular complexity index is 3410. The van der Waals surface area contributed by atoms with Crippen molar-refractivity contribution >= 4 is 87.5 Å². The third-order valence-electron chi connectivity index (χ3n) is 10.9. The van der Waals surface area contributed by atoms with Crippen molar-refractivity contribution in [3.8, 4) is 22.5 Å². The van der Waals surface area contributed by atoms with Crippen molar-refractivity contribution in [2.24, 2.45) is 0 Å². The highest BCUT2D eigenvalue weighted by Crippen LogP contribution is 2.43. The van der Waals surface area contributed by atoms with E-state index in [1.807, 2.05) is 18.2 Å². The van der Waals surface area contributed by atoms with Crippen LogP contribution in [0.25, 0.3) is 110 Å². The van der Waals surface area contributed by atoms with E-state index in [1.54, 1.807) is 0 Å². The van der Waals surface area contributed by atoms with Crippen LogP contribution < -0.4 is 0 Å². The Morgan fingerprint density at radius 1 is 0.308 bits per heavy atom. The van der Waals surface area contributed by atoms with Crippen molar-refractivity contribution in [2.45, 2.75) is 0 Å². The van der Waals surface area contributed by atoms with Gasteiger partial charge in [0.1, 0.15) is 22.3 Å². The molecule has 52 heavy (non-hydrogen) atoms. The van der Waals surface area contributed by atoms with E-state index < -0.39 is 0 Å². The Morgan fingerprint density at radius 2 is 0.885 bits per heavy atom. The molecule has 12 rings (SSSR count). The molecular weight excluding hydrogens is 637 g/mol. The maximum absolute atomic E-state index is 6.73. The van der Waals surface area contributed by atoms with Crippen LogP contribution in [0, 0.1) is 0 Å². The maximum atomic E-state index is 6.73. The van der Waals surface area contributed by atoms with Gasteiger partial charge in [0.15, 0.2) is 0 Å². The van der Waals surface area contributed by atoms with Crippen molar-refractivity contribution in [1.82, 2.24) is 9.13 Å². The van der Waals surface area contributed by atoms with E-state index in [0.29, 0.717) is 0 Å². The molecule has 4 nitrogen and oxygen atoms in total. The molecule has 4 heterocycles. The van der Waals surface area contributed by atoms with Gasteiger partial charge in [0.05, 0.1) is 22.1 Å². The Hall–Kier alpha value is -7.04. The average Bonchev–Trinajstić information content (AvgIpc) is 3.94. The van der Waals surface area contributed by atoms with Crippen LogP contribution in [0.5, 0.6) is 0 Å². The highest BCUT2D eigenvalue weighted by Gasteiger charge is 2.21. The van der Waals surface area contributed by atoms with Gasteiger partial charge in [0.25, 0.3) is 0 Å². The van der Waals surface area contributed by atoms with Crippen LogP contribution in [-0.2, 0) is 0 Å². The number of hydrogen-bond donors (Lipinski definition) is 0. The molecule has 0 atom stereocenters. The summed E-state index contributed by atoms with van der Waals surface area (Å²) in [6.45, 7) is 0. The second-order valence-electron chi connectivity index (χ2n) is 13.7. The lowest BCUT2D eigenvalue weighted by molar-refractivity contribution is 0.668. The summed E-state index contributed by atoms with van der Waals surface area (Å²) >= 11 is 0. The average molecular weight is 665 g/mol. The molecule has 0 saturated carbocycles. The van der Waals surface area contributed by atoms with Gasteiger partial charge >= 0.3 is 0 Å². The normalized spacial score (nSPS) is 12.2. The Balaban J connectivity index is 1.12. The van der Waals surface area contributed by atoms with E-state index in [-0.39, 0.29) is 0 Å². The smallest absolute Gasteiger partial charge is 0.143 e. The molecule has 8 aromatic carbocycles. The zero-order valence-corrected chi connectivity index (χ0v) is 27.9. The molecule has 0 aliphatic carbocycles. The zero-order chi connectivity index (χ0) is 33.9. The number of furan rings is 2. The van der Waals surface area contributed by atoms with Crippen molar-refractivity contribution < 1.29 is 8.83 Å². The summed E-state index contributed by atoms with van der Waals surface area (Å²) in [7, 11) is 0. The highest BCUT2D eigenvalue weighted by molar-refractivity contribution is 6.20. The predicted molar refractivity (Wildman–Crippen MR) is 215 cm³/mol. The van der Waals surface area contributed by atoms with Crippen LogP contribution in [0.1, 0.15) is 0 Å². The van der Waals surface area contributed by atoms with Crippen LogP contribution in [0.3, 0.4) is 0 Å². The molecule has 0 spiro atoms. The topological polar surface area (TPSA) is 36.1 Å². The highest BCUT2D eigenvalue weighted by atomic mass is 16.3. The first kappa shape index (κ1) is 27.7. The standard InChI is InChI=1S/C48H28N2O2/c1-2-12-29(13-3-1)49-40-20-7-4-14-31(40)37-28-43-38(27-42(37)49)32-15-5-8-21-41(32)50(43)30-24-25-45-39(26-30)35-19-10-18-34(48(35)52-45)33-17-11-23-46-47(33)36-16-6-9-22-44(36)51-46/h1-28H. The van der Waals surface area contributed by atoms with E-state index >= 15 is 0 Å². The number of benzene rings is 8. The van der Waals surface area contributed by atoms with Gasteiger partial charge in [0.2, 0.25) is 0 Å². The molecule has 4 heteroatoms. The van der Waals surface area contributed by atoms with E-state index in [1.165, 1.54) is 43.6 Å². The first-order valence-corrected chi connectivity index (χ1v) is 17.7. The lowest BCUT2D eigenvalue weighted by atomic mass is 9.97. The largest absolute Gasteiger partial charge is 0.456 e. The summed E-state index contributed by atoms with van der Waals surface area (Å²) in [6, 6.07) is 60.5. The molecule has 0 unspecified atom stereocenters. The molecule has 4 aromatic heterocycles. The molecule has 0 amide bonds. The third kappa shape index (κ3) is 3.70. The number of fused-ring (bicyclic) bond motifs is 12. The fraction of sp³-hybridized carbons (Fsp3) is 0. The molecule has 0 N–H and O–H groups in total. The van der Waals surface area contributed by atoms with Crippen LogP contribution in [0.4, 0.5) is 0 Å². The number of aromatic nitrogens is 2. The van der Waals surface area contributed by atoms with Gasteiger partial charge in [-0.1, -0.05) is 103 Å². The van der Waals surface area contributed by atoms with Gasteiger partial charge in [-0.3, -0.25) is 0 Å². The minimum atomic E-state index is 0.865. The summed E-state index contributed by atoms with van der Waals surface area (Å²) in [6.07, 6.45) is 0. The van der Waals surface area contributed by atoms with Gasteiger partial charge in [0, 0.05) is 60.0 Å². The van der Waals surface area contributed by atoms with Crippen molar-refractivity contribution in [3.05, 3.63) is 170 Å². The lowest BCUT2D eigenvalue weighted by Crippen LogP contribution is -1.94. The molecule has 0 bridgehead atoms. The minimum absolute atomic E-state index is 0.865. The first-order valence-electron chi connectivity index (χ1n) is 17.7. The van der Waals surface area contributed by atoms with Crippen LogP contribution in [0.15, 0.2) is 179 Å². The molecule has 0 aliphatic rings. The van der Waals surface area contributed by atoms with E-state index in [4.69, 9.17) is 8.83 Å². The molecular formula is C48H28N2O2. The second kappa shape index (κ2) is 10.3. The summed E-state index contributed by atoms with van der Waals surface area (Å²) < 4.78 is 17.8. The molecule has 12 aromatic rings. The fourth-order valence-electron chi connectivity index (χ4n) is 8.70. The number of para-hydroxylation sites is 5.